The average molecular weight is 461 g/mol. The molecule has 1 unspecified atom stereocenters. The lowest BCUT2D eigenvalue weighted by molar-refractivity contribution is 0.0893. The number of ether oxygens (including phenoxy) is 2. The Morgan fingerprint density at radius 3 is 2.84 bits per heavy atom. The second-order valence-corrected chi connectivity index (χ2v) is 6.08. The molecule has 1 aromatic carbocycles. The molecule has 142 valence electrons. The lowest BCUT2D eigenvalue weighted by Crippen LogP contribution is -2.38. The maximum atomic E-state index is 5.71. The second kappa shape index (κ2) is 14.3. The first kappa shape index (κ1) is 22.2. The van der Waals surface area contributed by atoms with Gasteiger partial charge < -0.3 is 20.1 Å². The highest BCUT2D eigenvalue weighted by atomic mass is 127. The van der Waals surface area contributed by atoms with Crippen molar-refractivity contribution >= 4 is 29.9 Å². The van der Waals surface area contributed by atoms with Crippen LogP contribution < -0.4 is 10.6 Å². The smallest absolute Gasteiger partial charge is 0.191 e. The summed E-state index contributed by atoms with van der Waals surface area (Å²) in [4.78, 5) is 4.60. The fraction of sp³-hybridized carbons (Fsp3) is 0.632. The first-order chi connectivity index (χ1) is 11.9. The molecule has 1 aromatic rings. The van der Waals surface area contributed by atoms with Gasteiger partial charge in [0.05, 0.1) is 13.2 Å². The number of guanidine groups is 1. The van der Waals surface area contributed by atoms with Gasteiger partial charge in [0.25, 0.3) is 0 Å². The number of benzene rings is 1. The third-order valence-corrected chi connectivity index (χ3v) is 3.99. The summed E-state index contributed by atoms with van der Waals surface area (Å²) in [5, 5.41) is 6.67. The van der Waals surface area contributed by atoms with Crippen LogP contribution in [0.2, 0.25) is 0 Å². The average Bonchev–Trinajstić information content (AvgIpc) is 3.12. The van der Waals surface area contributed by atoms with Gasteiger partial charge in [-0.05, 0) is 31.7 Å². The Morgan fingerprint density at radius 2 is 2.12 bits per heavy atom. The van der Waals surface area contributed by atoms with Gasteiger partial charge in [-0.3, -0.25) is 4.99 Å². The van der Waals surface area contributed by atoms with Crippen LogP contribution in [0, 0.1) is 5.92 Å². The van der Waals surface area contributed by atoms with E-state index in [-0.39, 0.29) is 24.0 Å². The quantitative estimate of drug-likeness (QED) is 0.244. The number of halogens is 1. The Kier molecular flexibility index (Phi) is 12.7. The van der Waals surface area contributed by atoms with Gasteiger partial charge in [-0.2, -0.15) is 0 Å². The molecule has 5 nitrogen and oxygen atoms in total. The molecule has 1 aliphatic heterocycles. The largest absolute Gasteiger partial charge is 0.381 e. The highest BCUT2D eigenvalue weighted by Gasteiger charge is 2.15. The van der Waals surface area contributed by atoms with E-state index in [9.17, 15) is 0 Å². The molecular formula is C19H32IN3O2. The van der Waals surface area contributed by atoms with Crippen molar-refractivity contribution in [1.29, 1.82) is 0 Å². The van der Waals surface area contributed by atoms with Crippen molar-refractivity contribution in [3.63, 3.8) is 0 Å². The first-order valence-corrected chi connectivity index (χ1v) is 9.10. The summed E-state index contributed by atoms with van der Waals surface area (Å²) in [6, 6.07) is 10.5. The summed E-state index contributed by atoms with van der Waals surface area (Å²) in [5.74, 6) is 1.48. The summed E-state index contributed by atoms with van der Waals surface area (Å²) in [6.07, 6.45) is 3.08. The van der Waals surface area contributed by atoms with Crippen molar-refractivity contribution in [2.45, 2.75) is 26.2 Å². The normalized spacial score (nSPS) is 17.2. The zero-order chi connectivity index (χ0) is 16.9. The molecule has 1 heterocycles. The third-order valence-electron chi connectivity index (χ3n) is 3.99. The van der Waals surface area contributed by atoms with Crippen LogP contribution in [-0.2, 0) is 15.9 Å². The predicted molar refractivity (Wildman–Crippen MR) is 114 cm³/mol. The van der Waals surface area contributed by atoms with E-state index < -0.39 is 0 Å². The van der Waals surface area contributed by atoms with Gasteiger partial charge in [0.2, 0.25) is 0 Å². The summed E-state index contributed by atoms with van der Waals surface area (Å²) in [7, 11) is 0. The van der Waals surface area contributed by atoms with Crippen molar-refractivity contribution in [2.24, 2.45) is 10.9 Å². The van der Waals surface area contributed by atoms with Gasteiger partial charge in [0.1, 0.15) is 0 Å². The number of hydrogen-bond acceptors (Lipinski definition) is 3. The van der Waals surface area contributed by atoms with E-state index in [0.717, 1.165) is 71.3 Å². The first-order valence-electron chi connectivity index (χ1n) is 9.10. The number of hydrogen-bond donors (Lipinski definition) is 2. The molecule has 2 N–H and O–H groups in total. The number of aliphatic imine (C=N–C) groups is 1. The van der Waals surface area contributed by atoms with Gasteiger partial charge in [0.15, 0.2) is 5.96 Å². The zero-order valence-corrected chi connectivity index (χ0v) is 17.5. The van der Waals surface area contributed by atoms with Gasteiger partial charge in [0, 0.05) is 38.8 Å². The van der Waals surface area contributed by atoms with E-state index >= 15 is 0 Å². The summed E-state index contributed by atoms with van der Waals surface area (Å²) < 4.78 is 11.1. The Bertz CT molecular complexity index is 465. The van der Waals surface area contributed by atoms with Gasteiger partial charge in [-0.1, -0.05) is 30.3 Å². The lowest BCUT2D eigenvalue weighted by Gasteiger charge is -2.11. The minimum atomic E-state index is 0. The fourth-order valence-corrected chi connectivity index (χ4v) is 2.63. The number of rotatable bonds is 10. The molecule has 0 aliphatic carbocycles. The van der Waals surface area contributed by atoms with Crippen molar-refractivity contribution < 1.29 is 9.47 Å². The molecule has 1 aliphatic rings. The van der Waals surface area contributed by atoms with Crippen LogP contribution in [0.15, 0.2) is 35.3 Å². The van der Waals surface area contributed by atoms with E-state index in [0.29, 0.717) is 5.92 Å². The molecule has 2 rings (SSSR count). The van der Waals surface area contributed by atoms with Crippen molar-refractivity contribution in [2.75, 3.05) is 46.1 Å². The molecule has 25 heavy (non-hydrogen) atoms. The van der Waals surface area contributed by atoms with Gasteiger partial charge in [-0.25, -0.2) is 0 Å². The van der Waals surface area contributed by atoms with E-state index in [4.69, 9.17) is 9.47 Å². The van der Waals surface area contributed by atoms with E-state index in [1.165, 1.54) is 5.56 Å². The van der Waals surface area contributed by atoms with Crippen molar-refractivity contribution in [3.8, 4) is 0 Å². The van der Waals surface area contributed by atoms with Crippen LogP contribution in [0.25, 0.3) is 0 Å². The Hall–Kier alpha value is -0.860. The maximum Gasteiger partial charge on any atom is 0.191 e. The van der Waals surface area contributed by atoms with Crippen molar-refractivity contribution in [1.82, 2.24) is 10.6 Å². The summed E-state index contributed by atoms with van der Waals surface area (Å²) >= 11 is 0. The molecule has 6 heteroatoms. The molecule has 0 radical (unpaired) electrons. The topological polar surface area (TPSA) is 54.9 Å². The van der Waals surface area contributed by atoms with Gasteiger partial charge in [-0.15, -0.1) is 24.0 Å². The van der Waals surface area contributed by atoms with Crippen LogP contribution in [0.4, 0.5) is 0 Å². The van der Waals surface area contributed by atoms with Crippen LogP contribution in [0.3, 0.4) is 0 Å². The highest BCUT2D eigenvalue weighted by Crippen LogP contribution is 2.12. The van der Waals surface area contributed by atoms with Crippen LogP contribution in [-0.4, -0.2) is 52.0 Å². The molecular weight excluding hydrogens is 429 g/mol. The number of nitrogens with zero attached hydrogens (tertiary/aromatic N) is 1. The SMILES string of the molecule is CCNC(=NCCCOCC1CCOC1)NCCc1ccccc1.I. The second-order valence-electron chi connectivity index (χ2n) is 6.08. The van der Waals surface area contributed by atoms with Crippen LogP contribution >= 0.6 is 24.0 Å². The van der Waals surface area contributed by atoms with Crippen LogP contribution in [0.5, 0.6) is 0 Å². The minimum Gasteiger partial charge on any atom is -0.381 e. The lowest BCUT2D eigenvalue weighted by atomic mass is 10.1. The maximum absolute atomic E-state index is 5.71. The highest BCUT2D eigenvalue weighted by molar-refractivity contribution is 14.0. The molecule has 0 spiro atoms. The van der Waals surface area contributed by atoms with Crippen molar-refractivity contribution in [3.05, 3.63) is 35.9 Å². The Labute approximate surface area is 169 Å². The minimum absolute atomic E-state index is 0. The molecule has 1 atom stereocenters. The Morgan fingerprint density at radius 1 is 1.28 bits per heavy atom. The number of nitrogens with one attached hydrogen (secondary N) is 2. The molecule has 0 saturated carbocycles. The zero-order valence-electron chi connectivity index (χ0n) is 15.2. The molecule has 0 bridgehead atoms. The molecule has 0 amide bonds. The van der Waals surface area contributed by atoms with E-state index in [2.05, 4.69) is 46.8 Å². The summed E-state index contributed by atoms with van der Waals surface area (Å²) in [6.45, 7) is 7.95. The van der Waals surface area contributed by atoms with E-state index in [1.807, 2.05) is 6.07 Å². The summed E-state index contributed by atoms with van der Waals surface area (Å²) in [5.41, 5.74) is 1.34. The van der Waals surface area contributed by atoms with Crippen LogP contribution in [0.1, 0.15) is 25.3 Å². The predicted octanol–water partition coefficient (Wildman–Crippen LogP) is 2.85. The third kappa shape index (κ3) is 10.0. The van der Waals surface area contributed by atoms with E-state index in [1.54, 1.807) is 0 Å². The molecule has 1 saturated heterocycles. The Balaban J connectivity index is 0.00000312. The molecule has 0 aromatic heterocycles. The fourth-order valence-electron chi connectivity index (χ4n) is 2.63. The molecule has 1 fully saturated rings. The standard InChI is InChI=1S/C19H31N3O2.HI/c1-2-20-19(22-12-9-17-7-4-3-5-8-17)21-11-6-13-23-15-18-10-14-24-16-18;/h3-5,7-8,18H,2,6,9-16H2,1H3,(H2,20,21,22);1H. The monoisotopic (exact) mass is 461 g/mol. The van der Waals surface area contributed by atoms with Gasteiger partial charge >= 0.3 is 0 Å².